The Balaban J connectivity index is 1.39. The highest BCUT2D eigenvalue weighted by Crippen LogP contribution is 2.31. The molecule has 2 aliphatic heterocycles. The fourth-order valence-corrected chi connectivity index (χ4v) is 6.79. The van der Waals surface area contributed by atoms with E-state index in [0.717, 1.165) is 35.4 Å². The van der Waals surface area contributed by atoms with Crippen molar-refractivity contribution in [1.29, 1.82) is 0 Å². The van der Waals surface area contributed by atoms with Gasteiger partial charge >= 0.3 is 5.97 Å². The number of nitrogens with zero attached hydrogens (tertiary/aromatic N) is 3. The van der Waals surface area contributed by atoms with E-state index in [1.165, 1.54) is 16.4 Å². The first kappa shape index (κ1) is 30.4. The molecule has 0 spiro atoms. The molecule has 0 unspecified atom stereocenters. The van der Waals surface area contributed by atoms with Gasteiger partial charge in [-0.1, -0.05) is 25.1 Å². The van der Waals surface area contributed by atoms with Crippen molar-refractivity contribution in [3.63, 3.8) is 0 Å². The average Bonchev–Trinajstić information content (AvgIpc) is 3.42. The molecule has 13 nitrogen and oxygen atoms in total. The van der Waals surface area contributed by atoms with Crippen LogP contribution >= 0.6 is 0 Å². The number of ether oxygens (including phenoxy) is 2. The highest BCUT2D eigenvalue weighted by molar-refractivity contribution is 7.89. The summed E-state index contributed by atoms with van der Waals surface area (Å²) in [6.07, 6.45) is 3.60. The van der Waals surface area contributed by atoms with Gasteiger partial charge in [0.2, 0.25) is 10.0 Å². The number of hydrogen-bond acceptors (Lipinski definition) is 9. The van der Waals surface area contributed by atoms with E-state index in [2.05, 4.69) is 17.2 Å². The van der Waals surface area contributed by atoms with E-state index in [1.807, 2.05) is 24.3 Å². The molecule has 2 fully saturated rings. The molecular formula is C29H35N5O8S. The number of nitro groups is 1. The van der Waals surface area contributed by atoms with Crippen LogP contribution in [0.15, 0.2) is 53.6 Å². The van der Waals surface area contributed by atoms with E-state index in [9.17, 15) is 28.1 Å². The van der Waals surface area contributed by atoms with Crippen LogP contribution in [0.5, 0.6) is 0 Å². The Hall–Kier alpha value is -4.01. The maximum atomic E-state index is 13.4. The average molecular weight is 614 g/mol. The molecule has 0 saturated carbocycles. The maximum absolute atomic E-state index is 13.4. The first-order chi connectivity index (χ1) is 20.6. The van der Waals surface area contributed by atoms with Crippen LogP contribution in [0, 0.1) is 16.0 Å². The summed E-state index contributed by atoms with van der Waals surface area (Å²) in [6.45, 7) is 3.63. The summed E-state index contributed by atoms with van der Waals surface area (Å²) in [5, 5.41) is 15.9. The molecule has 1 amide bonds. The second-order valence-electron chi connectivity index (χ2n) is 10.9. The van der Waals surface area contributed by atoms with Crippen LogP contribution < -0.4 is 5.32 Å². The Bertz CT molecular complexity index is 1590. The van der Waals surface area contributed by atoms with Gasteiger partial charge in [0, 0.05) is 55.8 Å². The largest absolute Gasteiger partial charge is 0.454 e. The zero-order valence-corrected chi connectivity index (χ0v) is 24.7. The third-order valence-electron chi connectivity index (χ3n) is 7.96. The summed E-state index contributed by atoms with van der Waals surface area (Å²) in [5.74, 6) is -0.527. The molecule has 2 aromatic carbocycles. The van der Waals surface area contributed by atoms with E-state index in [1.54, 1.807) is 11.1 Å². The van der Waals surface area contributed by atoms with E-state index in [0.29, 0.717) is 19.0 Å². The molecular weight excluding hydrogens is 578 g/mol. The number of hydrogen-bond donors (Lipinski definition) is 2. The maximum Gasteiger partial charge on any atom is 0.329 e. The number of piperidine rings is 1. The Morgan fingerprint density at radius 2 is 1.86 bits per heavy atom. The first-order valence-electron chi connectivity index (χ1n) is 14.3. The number of benzene rings is 2. The first-order valence-corrected chi connectivity index (χ1v) is 15.7. The van der Waals surface area contributed by atoms with Crippen LogP contribution in [0.2, 0.25) is 0 Å². The van der Waals surface area contributed by atoms with Crippen molar-refractivity contribution in [3.05, 3.63) is 64.3 Å². The lowest BCUT2D eigenvalue weighted by Gasteiger charge is -2.30. The number of likely N-dealkylation sites (tertiary alicyclic amines) is 1. The minimum absolute atomic E-state index is 0.0518. The molecule has 1 atom stereocenters. The van der Waals surface area contributed by atoms with Crippen molar-refractivity contribution < 1.29 is 32.4 Å². The number of anilines is 1. The fourth-order valence-electron chi connectivity index (χ4n) is 5.37. The van der Waals surface area contributed by atoms with Gasteiger partial charge in [-0.15, -0.1) is 0 Å². The summed E-state index contributed by atoms with van der Waals surface area (Å²) in [6, 6.07) is 9.92. The molecule has 2 aliphatic rings. The molecule has 1 aromatic heterocycles. The summed E-state index contributed by atoms with van der Waals surface area (Å²) >= 11 is 0. The standard InChI is InChI=1S/C29H35N5O8S/c1-20-8-10-32(11-9-20)28(35)19-42-29(36)26(16-21-18-30-24-5-3-2-4-23(21)24)31-25-7-6-22(17-27(25)34(37)38)43(39,40)33-12-14-41-15-13-33/h2-7,17-18,20,26,30-31H,8-16,19H2,1H3/t26-/m1/s1. The molecule has 2 N–H and O–H groups in total. The van der Waals surface area contributed by atoms with Gasteiger partial charge in [0.15, 0.2) is 6.61 Å². The third kappa shape index (κ3) is 6.98. The minimum atomic E-state index is -3.99. The molecule has 14 heteroatoms. The van der Waals surface area contributed by atoms with Crippen LogP contribution in [-0.2, 0) is 35.5 Å². The second-order valence-corrected chi connectivity index (χ2v) is 12.8. The predicted octanol–water partition coefficient (Wildman–Crippen LogP) is 2.92. The van der Waals surface area contributed by atoms with Crippen LogP contribution in [0.1, 0.15) is 25.3 Å². The number of sulfonamides is 1. The number of para-hydroxylation sites is 1. The van der Waals surface area contributed by atoms with Crippen molar-refractivity contribution >= 4 is 44.2 Å². The molecule has 0 bridgehead atoms. The summed E-state index contributed by atoms with van der Waals surface area (Å²) in [5.41, 5.74) is 1.05. The molecule has 230 valence electrons. The number of rotatable bonds is 10. The van der Waals surface area contributed by atoms with Crippen molar-refractivity contribution in [3.8, 4) is 0 Å². The molecule has 0 radical (unpaired) electrons. The number of morpholine rings is 1. The van der Waals surface area contributed by atoms with Gasteiger partial charge in [-0.2, -0.15) is 4.31 Å². The van der Waals surface area contributed by atoms with Gasteiger partial charge < -0.3 is 24.7 Å². The number of fused-ring (bicyclic) bond motifs is 1. The molecule has 43 heavy (non-hydrogen) atoms. The van der Waals surface area contributed by atoms with Crippen LogP contribution in [0.25, 0.3) is 10.9 Å². The van der Waals surface area contributed by atoms with Gasteiger partial charge in [-0.25, -0.2) is 13.2 Å². The number of carbonyl (C=O) groups is 2. The van der Waals surface area contributed by atoms with Gasteiger partial charge in [-0.05, 0) is 42.5 Å². The van der Waals surface area contributed by atoms with Crippen molar-refractivity contribution in [2.24, 2.45) is 5.92 Å². The predicted molar refractivity (Wildman–Crippen MR) is 158 cm³/mol. The van der Waals surface area contributed by atoms with E-state index in [-0.39, 0.29) is 49.2 Å². The van der Waals surface area contributed by atoms with Crippen molar-refractivity contribution in [2.75, 3.05) is 51.3 Å². The quantitative estimate of drug-likeness (QED) is 0.199. The normalized spacial score (nSPS) is 17.5. The number of esters is 1. The monoisotopic (exact) mass is 613 g/mol. The number of H-pyrrole nitrogens is 1. The van der Waals surface area contributed by atoms with Crippen molar-refractivity contribution in [1.82, 2.24) is 14.2 Å². The second kappa shape index (κ2) is 13.1. The number of carbonyl (C=O) groups excluding carboxylic acids is 2. The van der Waals surface area contributed by atoms with Gasteiger partial charge in [0.1, 0.15) is 11.7 Å². The number of nitrogens with one attached hydrogen (secondary N) is 2. The smallest absolute Gasteiger partial charge is 0.329 e. The Morgan fingerprint density at radius 3 is 2.58 bits per heavy atom. The van der Waals surface area contributed by atoms with Crippen LogP contribution in [0.4, 0.5) is 11.4 Å². The zero-order chi connectivity index (χ0) is 30.6. The van der Waals surface area contributed by atoms with Gasteiger partial charge in [-0.3, -0.25) is 14.9 Å². The summed E-state index contributed by atoms with van der Waals surface area (Å²) in [4.78, 5) is 42.2. The Morgan fingerprint density at radius 1 is 1.14 bits per heavy atom. The Labute approximate surface area is 249 Å². The fraction of sp³-hybridized carbons (Fsp3) is 0.448. The van der Waals surface area contributed by atoms with Gasteiger partial charge in [0.25, 0.3) is 11.6 Å². The molecule has 3 heterocycles. The molecule has 2 saturated heterocycles. The number of nitro benzene ring substituents is 1. The van der Waals surface area contributed by atoms with E-state index in [4.69, 9.17) is 9.47 Å². The van der Waals surface area contributed by atoms with Gasteiger partial charge in [0.05, 0.1) is 23.0 Å². The van der Waals surface area contributed by atoms with E-state index < -0.39 is 39.3 Å². The van der Waals surface area contributed by atoms with E-state index >= 15 is 0 Å². The zero-order valence-electron chi connectivity index (χ0n) is 23.9. The highest BCUT2D eigenvalue weighted by atomic mass is 32.2. The molecule has 3 aromatic rings. The lowest BCUT2D eigenvalue weighted by molar-refractivity contribution is -0.384. The lowest BCUT2D eigenvalue weighted by Crippen LogP contribution is -2.42. The summed E-state index contributed by atoms with van der Waals surface area (Å²) in [7, 11) is -3.99. The number of aromatic nitrogens is 1. The van der Waals surface area contributed by atoms with Crippen LogP contribution in [0.3, 0.4) is 0 Å². The summed E-state index contributed by atoms with van der Waals surface area (Å²) < 4.78 is 38.2. The van der Waals surface area contributed by atoms with Crippen molar-refractivity contribution in [2.45, 2.75) is 37.1 Å². The number of aromatic amines is 1. The topological polar surface area (TPSA) is 164 Å². The lowest BCUT2D eigenvalue weighted by atomic mass is 9.99. The Kier molecular flexibility index (Phi) is 9.28. The van der Waals surface area contributed by atoms with Crippen LogP contribution in [-0.4, -0.2) is 91.4 Å². The highest BCUT2D eigenvalue weighted by Gasteiger charge is 2.31. The number of amides is 1. The molecule has 5 rings (SSSR count). The minimum Gasteiger partial charge on any atom is -0.454 e. The molecule has 0 aliphatic carbocycles. The SMILES string of the molecule is CC1CCN(C(=O)COC(=O)[C@@H](Cc2c[nH]c3ccccc23)Nc2ccc(S(=O)(=O)N3CCOCC3)cc2[N+](=O)[O-])CC1. The third-order valence-corrected chi connectivity index (χ3v) is 9.86.